The zero-order chi connectivity index (χ0) is 16.4. The maximum absolute atomic E-state index is 12.7. The Morgan fingerprint density at radius 2 is 1.78 bits per heavy atom. The minimum Gasteiger partial charge on any atom is -0.471 e. The second-order valence-electron chi connectivity index (χ2n) is 5.40. The van der Waals surface area contributed by atoms with Crippen molar-refractivity contribution in [3.05, 3.63) is 63.8 Å². The van der Waals surface area contributed by atoms with E-state index in [1.54, 1.807) is 6.07 Å². The minimum absolute atomic E-state index is 0.0757. The maximum atomic E-state index is 12.7. The Labute approximate surface area is 133 Å². The second-order valence-corrected chi connectivity index (χ2v) is 5.40. The van der Waals surface area contributed by atoms with E-state index in [0.717, 1.165) is 16.7 Å². The molecule has 0 N–H and O–H groups in total. The number of nitrogens with zero attached hydrogens (tertiary/aromatic N) is 1. The van der Waals surface area contributed by atoms with Crippen molar-refractivity contribution < 1.29 is 9.15 Å². The van der Waals surface area contributed by atoms with Crippen LogP contribution in [0.2, 0.25) is 0 Å². The van der Waals surface area contributed by atoms with Gasteiger partial charge in [0.2, 0.25) is 11.2 Å². The molecule has 0 bridgehead atoms. The van der Waals surface area contributed by atoms with Crippen LogP contribution < -0.4 is 10.2 Å². The van der Waals surface area contributed by atoms with Crippen LogP contribution in [0.25, 0.3) is 22.3 Å². The molecule has 0 aliphatic heterocycles. The Bertz CT molecular complexity index is 963. The van der Waals surface area contributed by atoms with Crippen molar-refractivity contribution in [3.63, 3.8) is 0 Å². The molecule has 114 valence electrons. The average Bonchev–Trinajstić information content (AvgIpc) is 2.54. The first-order valence-electron chi connectivity index (χ1n) is 7.24. The maximum Gasteiger partial charge on any atom is 0.235 e. The van der Waals surface area contributed by atoms with Crippen molar-refractivity contribution in [2.24, 2.45) is 0 Å². The summed E-state index contributed by atoms with van der Waals surface area (Å²) in [5.41, 5.74) is 3.09. The first kappa shape index (κ1) is 14.9. The molecule has 1 heterocycles. The second kappa shape index (κ2) is 5.98. The number of aryl methyl sites for hydroxylation is 2. The third-order valence-electron chi connectivity index (χ3n) is 3.60. The largest absolute Gasteiger partial charge is 0.471 e. The van der Waals surface area contributed by atoms with Crippen LogP contribution in [-0.4, -0.2) is 6.61 Å². The van der Waals surface area contributed by atoms with E-state index in [4.69, 9.17) is 14.4 Å². The number of nitriles is 1. The summed E-state index contributed by atoms with van der Waals surface area (Å²) in [4.78, 5) is 12.7. The molecular formula is C19H15NO3. The van der Waals surface area contributed by atoms with Crippen molar-refractivity contribution >= 4 is 11.0 Å². The topological polar surface area (TPSA) is 63.2 Å². The van der Waals surface area contributed by atoms with Gasteiger partial charge < -0.3 is 9.15 Å². The summed E-state index contributed by atoms with van der Waals surface area (Å²) < 4.78 is 11.3. The number of fused-ring (bicyclic) bond motifs is 1. The number of hydrogen-bond donors (Lipinski definition) is 0. The molecule has 0 fully saturated rings. The van der Waals surface area contributed by atoms with Crippen LogP contribution in [0, 0.1) is 25.2 Å². The number of hydrogen-bond acceptors (Lipinski definition) is 4. The van der Waals surface area contributed by atoms with E-state index in [1.807, 2.05) is 56.3 Å². The lowest BCUT2D eigenvalue weighted by atomic mass is 10.1. The summed E-state index contributed by atoms with van der Waals surface area (Å²) in [6, 6.07) is 14.9. The van der Waals surface area contributed by atoms with Gasteiger partial charge in [0, 0.05) is 5.56 Å². The fourth-order valence-corrected chi connectivity index (χ4v) is 2.41. The van der Waals surface area contributed by atoms with Crippen LogP contribution in [-0.2, 0) is 0 Å². The van der Waals surface area contributed by atoms with E-state index in [-0.39, 0.29) is 17.8 Å². The standard InChI is InChI=1S/C19H15NO3/c1-12-3-6-14(7-4-12)18-19(22-10-9-20)17(21)15-8-5-13(2)11-16(15)23-18/h3-8,11H,10H2,1-2H3. The summed E-state index contributed by atoms with van der Waals surface area (Å²) in [6.07, 6.45) is 0. The highest BCUT2D eigenvalue weighted by Crippen LogP contribution is 2.31. The highest BCUT2D eigenvalue weighted by Gasteiger charge is 2.17. The van der Waals surface area contributed by atoms with E-state index < -0.39 is 0 Å². The fourth-order valence-electron chi connectivity index (χ4n) is 2.41. The Morgan fingerprint density at radius 1 is 1.09 bits per heavy atom. The summed E-state index contributed by atoms with van der Waals surface area (Å²) >= 11 is 0. The Balaban J connectivity index is 2.30. The van der Waals surface area contributed by atoms with E-state index in [0.29, 0.717) is 16.7 Å². The average molecular weight is 305 g/mol. The van der Waals surface area contributed by atoms with Crippen molar-refractivity contribution in [1.29, 1.82) is 5.26 Å². The lowest BCUT2D eigenvalue weighted by molar-refractivity contribution is 0.356. The van der Waals surface area contributed by atoms with Crippen molar-refractivity contribution in [2.75, 3.05) is 6.61 Å². The van der Waals surface area contributed by atoms with Gasteiger partial charge in [-0.1, -0.05) is 35.9 Å². The molecule has 0 aliphatic carbocycles. The third kappa shape index (κ3) is 2.82. The van der Waals surface area contributed by atoms with Crippen molar-refractivity contribution in [2.45, 2.75) is 13.8 Å². The summed E-state index contributed by atoms with van der Waals surface area (Å²) in [6.45, 7) is 3.71. The lowest BCUT2D eigenvalue weighted by Gasteiger charge is -2.10. The summed E-state index contributed by atoms with van der Waals surface area (Å²) in [5.74, 6) is 0.426. The van der Waals surface area contributed by atoms with Gasteiger partial charge in [0.05, 0.1) is 5.39 Å². The van der Waals surface area contributed by atoms with E-state index in [1.165, 1.54) is 0 Å². The molecule has 0 aliphatic rings. The van der Waals surface area contributed by atoms with Crippen molar-refractivity contribution in [3.8, 4) is 23.1 Å². The van der Waals surface area contributed by atoms with Gasteiger partial charge in [-0.15, -0.1) is 0 Å². The molecule has 3 rings (SSSR count). The number of benzene rings is 2. The molecular weight excluding hydrogens is 290 g/mol. The summed E-state index contributed by atoms with van der Waals surface area (Å²) in [7, 11) is 0. The minimum atomic E-state index is -0.267. The fraction of sp³-hybridized carbons (Fsp3) is 0.158. The quantitative estimate of drug-likeness (QED) is 0.734. The van der Waals surface area contributed by atoms with Crippen LogP contribution in [0.5, 0.6) is 5.75 Å². The Hall–Kier alpha value is -3.06. The van der Waals surface area contributed by atoms with Gasteiger partial charge in [0.1, 0.15) is 11.7 Å². The van der Waals surface area contributed by atoms with Crippen molar-refractivity contribution in [1.82, 2.24) is 0 Å². The molecule has 0 saturated carbocycles. The van der Waals surface area contributed by atoms with Crippen LogP contribution in [0.4, 0.5) is 0 Å². The highest BCUT2D eigenvalue weighted by molar-refractivity contribution is 5.82. The molecule has 1 aromatic heterocycles. The Kier molecular flexibility index (Phi) is 3.86. The first-order valence-corrected chi connectivity index (χ1v) is 7.24. The SMILES string of the molecule is Cc1ccc(-c2oc3cc(C)ccc3c(=O)c2OCC#N)cc1. The van der Waals surface area contributed by atoms with Crippen LogP contribution in [0.1, 0.15) is 11.1 Å². The van der Waals surface area contributed by atoms with E-state index in [9.17, 15) is 4.79 Å². The molecule has 4 nitrogen and oxygen atoms in total. The van der Waals surface area contributed by atoms with Gasteiger partial charge in [-0.25, -0.2) is 0 Å². The predicted octanol–water partition coefficient (Wildman–Crippen LogP) is 3.98. The zero-order valence-corrected chi connectivity index (χ0v) is 12.9. The van der Waals surface area contributed by atoms with Crippen LogP contribution >= 0.6 is 0 Å². The molecule has 0 atom stereocenters. The van der Waals surface area contributed by atoms with Gasteiger partial charge in [0.15, 0.2) is 12.4 Å². The smallest absolute Gasteiger partial charge is 0.235 e. The van der Waals surface area contributed by atoms with Gasteiger partial charge in [0.25, 0.3) is 0 Å². The number of ether oxygens (including phenoxy) is 1. The first-order chi connectivity index (χ1) is 11.1. The molecule has 0 unspecified atom stereocenters. The molecule has 0 radical (unpaired) electrons. The van der Waals surface area contributed by atoms with Gasteiger partial charge in [-0.05, 0) is 31.5 Å². The normalized spacial score (nSPS) is 10.5. The molecule has 23 heavy (non-hydrogen) atoms. The molecule has 2 aromatic carbocycles. The van der Waals surface area contributed by atoms with Gasteiger partial charge in [-0.2, -0.15) is 5.26 Å². The number of rotatable bonds is 3. The summed E-state index contributed by atoms with van der Waals surface area (Å²) in [5, 5.41) is 9.20. The zero-order valence-electron chi connectivity index (χ0n) is 12.9. The third-order valence-corrected chi connectivity index (χ3v) is 3.60. The van der Waals surface area contributed by atoms with Gasteiger partial charge in [-0.3, -0.25) is 4.79 Å². The van der Waals surface area contributed by atoms with Crippen LogP contribution in [0.15, 0.2) is 51.7 Å². The molecule has 0 saturated heterocycles. The van der Waals surface area contributed by atoms with Crippen LogP contribution in [0.3, 0.4) is 0 Å². The van der Waals surface area contributed by atoms with E-state index in [2.05, 4.69) is 0 Å². The molecule has 0 amide bonds. The van der Waals surface area contributed by atoms with Gasteiger partial charge >= 0.3 is 0 Å². The molecule has 0 spiro atoms. The molecule has 3 aromatic rings. The lowest BCUT2D eigenvalue weighted by Crippen LogP contribution is -2.10. The Morgan fingerprint density at radius 3 is 2.48 bits per heavy atom. The molecule has 4 heteroatoms. The monoisotopic (exact) mass is 305 g/mol. The highest BCUT2D eigenvalue weighted by atomic mass is 16.5. The van der Waals surface area contributed by atoms with E-state index >= 15 is 0 Å². The predicted molar refractivity (Wildman–Crippen MR) is 88.5 cm³/mol.